The minimum absolute atomic E-state index is 0.00455. The maximum atomic E-state index is 13.1. The fraction of sp³-hybridized carbons (Fsp3) is 0.286. The summed E-state index contributed by atoms with van der Waals surface area (Å²) in [6.07, 6.45) is 3.76. The van der Waals surface area contributed by atoms with Gasteiger partial charge >= 0.3 is 0 Å². The number of nitrogens with one attached hydrogen (secondary N) is 1. The lowest BCUT2D eigenvalue weighted by molar-refractivity contribution is -0.122. The average molecular weight is 395 g/mol. The van der Waals surface area contributed by atoms with E-state index < -0.39 is 11.8 Å². The van der Waals surface area contributed by atoms with Crippen molar-refractivity contribution in [1.29, 1.82) is 0 Å². The molecule has 0 saturated carbocycles. The van der Waals surface area contributed by atoms with Crippen molar-refractivity contribution in [2.24, 2.45) is 0 Å². The molecule has 0 radical (unpaired) electrons. The van der Waals surface area contributed by atoms with Gasteiger partial charge in [0.05, 0.1) is 5.69 Å². The van der Waals surface area contributed by atoms with E-state index in [1.165, 1.54) is 11.0 Å². The second-order valence-corrected chi connectivity index (χ2v) is 7.56. The molecule has 2 saturated heterocycles. The van der Waals surface area contributed by atoms with E-state index in [-0.39, 0.29) is 10.7 Å². The van der Waals surface area contributed by atoms with E-state index in [1.807, 2.05) is 38.1 Å². The molecule has 1 aromatic carbocycles. The summed E-state index contributed by atoms with van der Waals surface area (Å²) in [5.41, 5.74) is 2.65. The molecule has 1 N–H and O–H groups in total. The van der Waals surface area contributed by atoms with Crippen LogP contribution < -0.4 is 15.1 Å². The quantitative estimate of drug-likeness (QED) is 0.491. The third-order valence-corrected chi connectivity index (χ3v) is 5.17. The van der Waals surface area contributed by atoms with Gasteiger partial charge in [-0.15, -0.1) is 0 Å². The molecule has 0 aliphatic carbocycles. The summed E-state index contributed by atoms with van der Waals surface area (Å²) in [5, 5.41) is 2.68. The van der Waals surface area contributed by atoms with E-state index in [9.17, 15) is 9.59 Å². The molecule has 3 heterocycles. The molecule has 2 amide bonds. The first-order chi connectivity index (χ1) is 13.4. The van der Waals surface area contributed by atoms with Crippen LogP contribution in [0.1, 0.15) is 29.7 Å². The van der Waals surface area contributed by atoms with Crippen molar-refractivity contribution in [3.05, 3.63) is 52.8 Å². The monoisotopic (exact) mass is 395 g/mol. The molecule has 2 aliphatic rings. The summed E-state index contributed by atoms with van der Waals surface area (Å²) in [4.78, 5) is 29.0. The molecule has 2 aliphatic heterocycles. The average Bonchev–Trinajstić information content (AvgIpc) is 3.29. The zero-order valence-electron chi connectivity index (χ0n) is 15.8. The molecule has 0 atom stereocenters. The number of anilines is 2. The van der Waals surface area contributed by atoms with E-state index in [0.717, 1.165) is 42.9 Å². The van der Waals surface area contributed by atoms with Crippen LogP contribution in [0.15, 0.2) is 40.3 Å². The van der Waals surface area contributed by atoms with Crippen LogP contribution in [0.2, 0.25) is 0 Å². The second kappa shape index (κ2) is 7.24. The first-order valence-corrected chi connectivity index (χ1v) is 9.68. The van der Waals surface area contributed by atoms with E-state index in [2.05, 4.69) is 10.2 Å². The Hall–Kier alpha value is -2.93. The SMILES string of the molecule is Cc1cc(C)cc(N2C(=O)C(=Cc3ccc(N4CCCC4)o3)C(=O)NC2=S)c1. The number of carbonyl (C=O) groups excluding carboxylic acids is 2. The summed E-state index contributed by atoms with van der Waals surface area (Å²) in [6.45, 7) is 5.81. The zero-order valence-corrected chi connectivity index (χ0v) is 16.6. The van der Waals surface area contributed by atoms with Crippen LogP contribution in [0.5, 0.6) is 0 Å². The van der Waals surface area contributed by atoms with Crippen LogP contribution in [0.3, 0.4) is 0 Å². The molecular formula is C21H21N3O3S. The predicted octanol–water partition coefficient (Wildman–Crippen LogP) is 3.33. The van der Waals surface area contributed by atoms with Gasteiger partial charge in [0, 0.05) is 19.2 Å². The van der Waals surface area contributed by atoms with Crippen LogP contribution in [-0.4, -0.2) is 30.0 Å². The number of thiocarbonyl (C=S) groups is 1. The molecule has 0 bridgehead atoms. The van der Waals surface area contributed by atoms with Crippen molar-refractivity contribution < 1.29 is 14.0 Å². The van der Waals surface area contributed by atoms with E-state index in [4.69, 9.17) is 16.6 Å². The number of furan rings is 1. The number of hydrogen-bond acceptors (Lipinski definition) is 5. The molecule has 28 heavy (non-hydrogen) atoms. The summed E-state index contributed by atoms with van der Waals surface area (Å²) in [5.74, 6) is 0.246. The molecule has 7 heteroatoms. The highest BCUT2D eigenvalue weighted by atomic mass is 32.1. The van der Waals surface area contributed by atoms with Crippen molar-refractivity contribution >= 4 is 46.8 Å². The Morgan fingerprint density at radius 3 is 2.43 bits per heavy atom. The van der Waals surface area contributed by atoms with Gasteiger partial charge in [0.2, 0.25) is 0 Å². The lowest BCUT2D eigenvalue weighted by Gasteiger charge is -2.29. The Kier molecular flexibility index (Phi) is 4.77. The van der Waals surface area contributed by atoms with Crippen LogP contribution >= 0.6 is 12.2 Å². The zero-order chi connectivity index (χ0) is 19.8. The van der Waals surface area contributed by atoms with Gasteiger partial charge in [0.25, 0.3) is 11.8 Å². The molecule has 1 aromatic heterocycles. The predicted molar refractivity (Wildman–Crippen MR) is 112 cm³/mol. The third-order valence-electron chi connectivity index (χ3n) is 4.88. The van der Waals surface area contributed by atoms with E-state index >= 15 is 0 Å². The Bertz CT molecular complexity index is 982. The number of rotatable bonds is 3. The van der Waals surface area contributed by atoms with Gasteiger partial charge in [0.15, 0.2) is 11.0 Å². The van der Waals surface area contributed by atoms with Gasteiger partial charge in [-0.25, -0.2) is 0 Å². The standard InChI is InChI=1S/C21H21N3O3S/c1-13-9-14(2)11-15(10-13)24-20(26)17(19(25)22-21(24)28)12-16-5-6-18(27-16)23-7-3-4-8-23/h5-6,9-12H,3-4,7-8H2,1-2H3,(H,22,25,28). The van der Waals surface area contributed by atoms with Crippen molar-refractivity contribution in [2.75, 3.05) is 22.9 Å². The summed E-state index contributed by atoms with van der Waals surface area (Å²) in [6, 6.07) is 9.39. The van der Waals surface area contributed by atoms with Crippen molar-refractivity contribution in [1.82, 2.24) is 5.32 Å². The summed E-state index contributed by atoms with van der Waals surface area (Å²) in [7, 11) is 0. The highest BCUT2D eigenvalue weighted by Crippen LogP contribution is 2.27. The van der Waals surface area contributed by atoms with Crippen LogP contribution in [0, 0.1) is 13.8 Å². The van der Waals surface area contributed by atoms with Crippen molar-refractivity contribution in [3.63, 3.8) is 0 Å². The molecule has 2 fully saturated rings. The van der Waals surface area contributed by atoms with Crippen LogP contribution in [0.4, 0.5) is 11.6 Å². The Labute approximate surface area is 168 Å². The summed E-state index contributed by atoms with van der Waals surface area (Å²) < 4.78 is 5.84. The van der Waals surface area contributed by atoms with Gasteiger partial charge < -0.3 is 9.32 Å². The van der Waals surface area contributed by atoms with Gasteiger partial charge in [-0.2, -0.15) is 0 Å². The fourth-order valence-electron chi connectivity index (χ4n) is 3.64. The third kappa shape index (κ3) is 3.45. The highest BCUT2D eigenvalue weighted by Gasteiger charge is 2.35. The molecule has 0 unspecified atom stereocenters. The molecule has 144 valence electrons. The topological polar surface area (TPSA) is 65.8 Å². The number of benzene rings is 1. The normalized spacial score (nSPS) is 18.9. The molecular weight excluding hydrogens is 374 g/mol. The number of hydrogen-bond donors (Lipinski definition) is 1. The van der Waals surface area contributed by atoms with Gasteiger partial charge in [-0.3, -0.25) is 19.8 Å². The van der Waals surface area contributed by atoms with Crippen molar-refractivity contribution in [3.8, 4) is 0 Å². The Balaban J connectivity index is 1.66. The minimum atomic E-state index is -0.519. The lowest BCUT2D eigenvalue weighted by atomic mass is 10.1. The van der Waals surface area contributed by atoms with E-state index in [1.54, 1.807) is 6.07 Å². The number of aryl methyl sites for hydroxylation is 2. The van der Waals surface area contributed by atoms with Gasteiger partial charge in [-0.05, 0) is 74.3 Å². The Morgan fingerprint density at radius 2 is 1.75 bits per heavy atom. The Morgan fingerprint density at radius 1 is 1.07 bits per heavy atom. The van der Waals surface area contributed by atoms with Crippen LogP contribution in [-0.2, 0) is 9.59 Å². The maximum Gasteiger partial charge on any atom is 0.270 e. The number of nitrogens with zero attached hydrogens (tertiary/aromatic N) is 2. The minimum Gasteiger partial charge on any atom is -0.441 e. The molecule has 0 spiro atoms. The van der Waals surface area contributed by atoms with Crippen LogP contribution in [0.25, 0.3) is 6.08 Å². The smallest absolute Gasteiger partial charge is 0.270 e. The summed E-state index contributed by atoms with van der Waals surface area (Å²) >= 11 is 5.26. The second-order valence-electron chi connectivity index (χ2n) is 7.17. The highest BCUT2D eigenvalue weighted by molar-refractivity contribution is 7.80. The van der Waals surface area contributed by atoms with E-state index in [0.29, 0.717) is 11.4 Å². The fourth-order valence-corrected chi connectivity index (χ4v) is 3.92. The van der Waals surface area contributed by atoms with Gasteiger partial charge in [0.1, 0.15) is 11.3 Å². The first-order valence-electron chi connectivity index (χ1n) is 9.27. The largest absolute Gasteiger partial charge is 0.441 e. The number of carbonyl (C=O) groups is 2. The van der Waals surface area contributed by atoms with Crippen molar-refractivity contribution in [2.45, 2.75) is 26.7 Å². The molecule has 4 rings (SSSR count). The van der Waals surface area contributed by atoms with Gasteiger partial charge in [-0.1, -0.05) is 6.07 Å². The lowest BCUT2D eigenvalue weighted by Crippen LogP contribution is -2.54. The molecule has 6 nitrogen and oxygen atoms in total. The molecule has 2 aromatic rings. The number of amides is 2. The first kappa shape index (κ1) is 18.4. The maximum absolute atomic E-state index is 13.1.